The van der Waals surface area contributed by atoms with Gasteiger partial charge in [-0.25, -0.2) is 4.79 Å². The van der Waals surface area contributed by atoms with E-state index < -0.39 is 12.1 Å². The van der Waals surface area contributed by atoms with Crippen molar-refractivity contribution >= 4 is 5.97 Å². The summed E-state index contributed by atoms with van der Waals surface area (Å²) in [6.07, 6.45) is 41.4. The summed E-state index contributed by atoms with van der Waals surface area (Å²) in [5, 5.41) is 17.6. The summed E-state index contributed by atoms with van der Waals surface area (Å²) >= 11 is 0. The van der Waals surface area contributed by atoms with Crippen molar-refractivity contribution in [3.8, 4) is 24.2 Å². The Labute approximate surface area is 209 Å². The molecule has 1 atom stereocenters. The lowest BCUT2D eigenvalue weighted by atomic mass is 10.1. The standard InChI is InChI=1S/C31H46O3/c1-2-30(32)28-26-24-22-20-18-16-14-12-10-8-6-4-3-5-7-9-11-13-15-17-19-21-23-25-27-29-31(33)34/h1,6,8,12,14,23,25-26,28,30,32H,3-5,7,9-11,13,15-22,24H2,(H,33,34)/b8-6-,14-12-,25-23-,28-26+/t30-/m1/s1. The first-order chi connectivity index (χ1) is 16.7. The van der Waals surface area contributed by atoms with Gasteiger partial charge < -0.3 is 10.2 Å². The zero-order chi connectivity index (χ0) is 25.0. The Bertz CT molecular complexity index is 694. The number of unbranched alkanes of at least 4 members (excludes halogenated alkanes) is 14. The van der Waals surface area contributed by atoms with Crippen molar-refractivity contribution in [3.63, 3.8) is 0 Å². The molecule has 0 aromatic rings. The number of hydrogen-bond acceptors (Lipinski definition) is 2. The number of aliphatic hydroxyl groups is 1. The molecular formula is C31H46O3. The Hall–Kier alpha value is -2.49. The third kappa shape index (κ3) is 27.5. The van der Waals surface area contributed by atoms with Gasteiger partial charge in [-0.15, -0.1) is 6.42 Å². The van der Waals surface area contributed by atoms with E-state index in [0.29, 0.717) is 0 Å². The summed E-state index contributed by atoms with van der Waals surface area (Å²) in [6.45, 7) is 0. The molecule has 0 aromatic carbocycles. The molecule has 0 aliphatic heterocycles. The smallest absolute Gasteiger partial charge is 0.382 e. The number of carbonyl (C=O) groups is 1. The van der Waals surface area contributed by atoms with Crippen LogP contribution < -0.4 is 0 Å². The highest BCUT2D eigenvalue weighted by Gasteiger charge is 1.92. The van der Waals surface area contributed by atoms with E-state index in [-0.39, 0.29) is 0 Å². The van der Waals surface area contributed by atoms with Gasteiger partial charge in [0.25, 0.3) is 0 Å². The lowest BCUT2D eigenvalue weighted by Gasteiger charge is -2.01. The van der Waals surface area contributed by atoms with Crippen LogP contribution >= 0.6 is 0 Å². The minimum Gasteiger partial charge on any atom is -0.472 e. The molecule has 0 unspecified atom stereocenters. The van der Waals surface area contributed by atoms with E-state index in [1.165, 1.54) is 70.6 Å². The van der Waals surface area contributed by atoms with Crippen molar-refractivity contribution in [2.45, 2.75) is 115 Å². The second-order valence-corrected chi connectivity index (χ2v) is 8.59. The molecule has 0 rings (SSSR count). The molecule has 0 bridgehead atoms. The van der Waals surface area contributed by atoms with Crippen LogP contribution in [0.4, 0.5) is 0 Å². The van der Waals surface area contributed by atoms with Gasteiger partial charge in [0.05, 0.1) is 0 Å². The number of carboxylic acid groups (broad SMARTS) is 1. The first-order valence-corrected chi connectivity index (χ1v) is 13.2. The van der Waals surface area contributed by atoms with Crippen LogP contribution in [0.25, 0.3) is 0 Å². The topological polar surface area (TPSA) is 57.5 Å². The maximum absolute atomic E-state index is 10.2. The Morgan fingerprint density at radius 3 is 1.62 bits per heavy atom. The summed E-state index contributed by atoms with van der Waals surface area (Å²) in [6, 6.07) is 0. The molecule has 2 N–H and O–H groups in total. The van der Waals surface area contributed by atoms with Gasteiger partial charge >= 0.3 is 5.97 Å². The number of rotatable bonds is 21. The maximum Gasteiger partial charge on any atom is 0.382 e. The zero-order valence-corrected chi connectivity index (χ0v) is 21.1. The Kier molecular flexibility index (Phi) is 24.8. The van der Waals surface area contributed by atoms with Crippen molar-refractivity contribution in [2.24, 2.45) is 0 Å². The van der Waals surface area contributed by atoms with Crippen LogP contribution in [0, 0.1) is 24.2 Å². The predicted molar refractivity (Wildman–Crippen MR) is 145 cm³/mol. The van der Waals surface area contributed by atoms with E-state index in [0.717, 1.165) is 38.5 Å². The van der Waals surface area contributed by atoms with E-state index >= 15 is 0 Å². The Morgan fingerprint density at radius 1 is 0.676 bits per heavy atom. The van der Waals surface area contributed by atoms with Gasteiger partial charge in [-0.1, -0.05) is 99.7 Å². The first-order valence-electron chi connectivity index (χ1n) is 13.2. The summed E-state index contributed by atoms with van der Waals surface area (Å²) in [5.41, 5.74) is 0. The number of carboxylic acids is 1. The van der Waals surface area contributed by atoms with Crippen LogP contribution in [0.1, 0.15) is 109 Å². The Morgan fingerprint density at radius 2 is 1.12 bits per heavy atom. The normalized spacial score (nSPS) is 12.5. The van der Waals surface area contributed by atoms with Gasteiger partial charge in [-0.05, 0) is 69.9 Å². The maximum atomic E-state index is 10.2. The molecule has 0 spiro atoms. The average Bonchev–Trinajstić information content (AvgIpc) is 2.83. The summed E-state index contributed by atoms with van der Waals surface area (Å²) in [4.78, 5) is 10.2. The average molecular weight is 467 g/mol. The van der Waals surface area contributed by atoms with Gasteiger partial charge in [0, 0.05) is 5.92 Å². The number of hydrogen-bond donors (Lipinski definition) is 2. The molecule has 0 saturated heterocycles. The summed E-state index contributed by atoms with van der Waals surface area (Å²) in [5.74, 6) is 5.79. The largest absolute Gasteiger partial charge is 0.472 e. The lowest BCUT2D eigenvalue weighted by molar-refractivity contribution is -0.130. The van der Waals surface area contributed by atoms with Gasteiger partial charge in [-0.2, -0.15) is 0 Å². The fourth-order valence-corrected chi connectivity index (χ4v) is 3.50. The first kappa shape index (κ1) is 31.5. The fraction of sp³-hybridized carbons (Fsp3) is 0.581. The van der Waals surface area contributed by atoms with E-state index in [1.54, 1.807) is 12.2 Å². The molecule has 0 radical (unpaired) electrons. The molecule has 3 heteroatoms. The number of allylic oxidation sites excluding steroid dienone is 7. The third-order valence-corrected chi connectivity index (χ3v) is 5.46. The van der Waals surface area contributed by atoms with Gasteiger partial charge in [0.2, 0.25) is 0 Å². The molecule has 0 fully saturated rings. The highest BCUT2D eigenvalue weighted by Crippen LogP contribution is 2.12. The third-order valence-electron chi connectivity index (χ3n) is 5.46. The second-order valence-electron chi connectivity index (χ2n) is 8.59. The SMILES string of the molecule is C#C[C@@H](O)/C=C/CCCCC/C=C\C/C=C\CCCCCCCCCCC/C=C\C#CC(=O)O. The molecular weight excluding hydrogens is 420 g/mol. The number of terminal acetylenes is 1. The van der Waals surface area contributed by atoms with Crippen LogP contribution in [0.5, 0.6) is 0 Å². The van der Waals surface area contributed by atoms with Crippen molar-refractivity contribution in [2.75, 3.05) is 0 Å². The van der Waals surface area contributed by atoms with Crippen LogP contribution in [-0.2, 0) is 4.79 Å². The van der Waals surface area contributed by atoms with Crippen LogP contribution in [0.2, 0.25) is 0 Å². The number of aliphatic carboxylic acids is 1. The zero-order valence-electron chi connectivity index (χ0n) is 21.1. The molecule has 0 aromatic heterocycles. The second kappa shape index (κ2) is 26.8. The minimum absolute atomic E-state index is 0.737. The van der Waals surface area contributed by atoms with Crippen molar-refractivity contribution in [3.05, 3.63) is 48.6 Å². The predicted octanol–water partition coefficient (Wildman–Crippen LogP) is 7.93. The summed E-state index contributed by atoms with van der Waals surface area (Å²) < 4.78 is 0. The Balaban J connectivity index is 3.30. The van der Waals surface area contributed by atoms with E-state index in [2.05, 4.69) is 42.1 Å². The molecule has 0 aliphatic rings. The van der Waals surface area contributed by atoms with E-state index in [9.17, 15) is 9.90 Å². The van der Waals surface area contributed by atoms with Crippen LogP contribution in [0.3, 0.4) is 0 Å². The molecule has 34 heavy (non-hydrogen) atoms. The van der Waals surface area contributed by atoms with E-state index in [1.807, 2.05) is 12.2 Å². The highest BCUT2D eigenvalue weighted by atomic mass is 16.4. The fourth-order valence-electron chi connectivity index (χ4n) is 3.50. The number of aliphatic hydroxyl groups excluding tert-OH is 1. The lowest BCUT2D eigenvalue weighted by Crippen LogP contribution is -1.95. The molecule has 3 nitrogen and oxygen atoms in total. The molecule has 0 amide bonds. The van der Waals surface area contributed by atoms with Gasteiger partial charge in [0.1, 0.15) is 6.10 Å². The van der Waals surface area contributed by atoms with Crippen LogP contribution in [-0.4, -0.2) is 22.3 Å². The molecule has 0 heterocycles. The van der Waals surface area contributed by atoms with Crippen molar-refractivity contribution in [1.29, 1.82) is 0 Å². The van der Waals surface area contributed by atoms with Crippen LogP contribution in [0.15, 0.2) is 48.6 Å². The molecule has 188 valence electrons. The highest BCUT2D eigenvalue weighted by molar-refractivity contribution is 5.86. The molecule has 0 saturated carbocycles. The summed E-state index contributed by atoms with van der Waals surface area (Å²) in [7, 11) is 0. The quantitative estimate of drug-likeness (QED) is 0.103. The van der Waals surface area contributed by atoms with Gasteiger partial charge in [0.15, 0.2) is 0 Å². The molecule has 0 aliphatic carbocycles. The minimum atomic E-state index is -1.08. The van der Waals surface area contributed by atoms with Gasteiger partial charge in [-0.3, -0.25) is 0 Å². The van der Waals surface area contributed by atoms with E-state index in [4.69, 9.17) is 11.5 Å². The monoisotopic (exact) mass is 466 g/mol. The van der Waals surface area contributed by atoms with Crippen molar-refractivity contribution in [1.82, 2.24) is 0 Å². The van der Waals surface area contributed by atoms with Crippen molar-refractivity contribution < 1.29 is 15.0 Å².